The number of anilines is 1. The Hall–Kier alpha value is -1.18. The van der Waals surface area contributed by atoms with Gasteiger partial charge in [-0.1, -0.05) is 6.07 Å². The van der Waals surface area contributed by atoms with Gasteiger partial charge >= 0.3 is 0 Å². The van der Waals surface area contributed by atoms with Crippen LogP contribution in [0.2, 0.25) is 0 Å². The van der Waals surface area contributed by atoms with Crippen LogP contribution in [0.25, 0.3) is 0 Å². The molecule has 102 valence electrons. The first-order valence-corrected chi connectivity index (χ1v) is 8.09. The highest BCUT2D eigenvalue weighted by Crippen LogP contribution is 2.26. The third-order valence-corrected chi connectivity index (χ3v) is 4.40. The third-order valence-electron chi connectivity index (χ3n) is 3.62. The summed E-state index contributed by atoms with van der Waals surface area (Å²) in [5.74, 6) is 0.774. The molecule has 19 heavy (non-hydrogen) atoms. The van der Waals surface area contributed by atoms with Crippen LogP contribution < -0.4 is 10.6 Å². The lowest BCUT2D eigenvalue weighted by molar-refractivity contribution is 0.364. The minimum absolute atomic E-state index is 0.774. The Morgan fingerprint density at radius 1 is 1.53 bits per heavy atom. The van der Waals surface area contributed by atoms with E-state index in [0.29, 0.717) is 0 Å². The Morgan fingerprint density at radius 3 is 3.11 bits per heavy atom. The van der Waals surface area contributed by atoms with Crippen LogP contribution in [0.4, 0.5) is 5.69 Å². The van der Waals surface area contributed by atoms with Crippen molar-refractivity contribution in [2.45, 2.75) is 24.2 Å². The van der Waals surface area contributed by atoms with Crippen LogP contribution in [-0.4, -0.2) is 25.9 Å². The van der Waals surface area contributed by atoms with Gasteiger partial charge in [0.05, 0.1) is 11.3 Å². The summed E-state index contributed by atoms with van der Waals surface area (Å²) in [6.45, 7) is 3.24. The van der Waals surface area contributed by atoms with Crippen LogP contribution in [-0.2, 0) is 0 Å². The molecule has 0 amide bonds. The van der Waals surface area contributed by atoms with Gasteiger partial charge in [-0.15, -0.1) is 11.8 Å². The van der Waals surface area contributed by atoms with E-state index in [1.165, 1.54) is 19.3 Å². The Morgan fingerprint density at radius 2 is 2.42 bits per heavy atom. The third kappa shape index (κ3) is 3.89. The van der Waals surface area contributed by atoms with E-state index in [4.69, 9.17) is 0 Å². The summed E-state index contributed by atoms with van der Waals surface area (Å²) in [6, 6.07) is 8.32. The number of hydrogen-bond acceptors (Lipinski definition) is 4. The molecular formula is C15H21N3S. The first-order chi connectivity index (χ1) is 9.35. The Balaban J connectivity index is 1.90. The quantitative estimate of drug-likeness (QED) is 0.811. The second kappa shape index (κ2) is 7.42. The van der Waals surface area contributed by atoms with Crippen molar-refractivity contribution in [3.05, 3.63) is 23.8 Å². The molecule has 0 spiro atoms. The standard InChI is InChI=1S/C15H21N3S/c1-19-15-6-2-5-14(13(15)10-16)18-9-7-12-4-3-8-17-11-12/h2,5-6,12,17-18H,3-4,7-9,11H2,1H3. The van der Waals surface area contributed by atoms with Gasteiger partial charge in [0, 0.05) is 11.4 Å². The van der Waals surface area contributed by atoms with Crippen molar-refractivity contribution >= 4 is 17.4 Å². The lowest BCUT2D eigenvalue weighted by Crippen LogP contribution is -2.30. The van der Waals surface area contributed by atoms with Gasteiger partial charge in [-0.2, -0.15) is 5.26 Å². The van der Waals surface area contributed by atoms with E-state index in [2.05, 4.69) is 16.7 Å². The average Bonchev–Trinajstić information content (AvgIpc) is 2.48. The normalized spacial score (nSPS) is 18.8. The molecule has 0 aromatic heterocycles. The van der Waals surface area contributed by atoms with E-state index in [1.807, 2.05) is 24.5 Å². The maximum Gasteiger partial charge on any atom is 0.102 e. The molecule has 0 bridgehead atoms. The molecule has 0 aliphatic carbocycles. The van der Waals surface area contributed by atoms with Gasteiger partial charge in [0.25, 0.3) is 0 Å². The first-order valence-electron chi connectivity index (χ1n) is 6.87. The predicted molar refractivity (Wildman–Crippen MR) is 81.6 cm³/mol. The van der Waals surface area contributed by atoms with Crippen LogP contribution in [0.3, 0.4) is 0 Å². The van der Waals surface area contributed by atoms with Gasteiger partial charge in [-0.25, -0.2) is 0 Å². The summed E-state index contributed by atoms with van der Waals surface area (Å²) in [4.78, 5) is 1.05. The topological polar surface area (TPSA) is 47.8 Å². The van der Waals surface area contributed by atoms with Crippen LogP contribution in [0.1, 0.15) is 24.8 Å². The maximum absolute atomic E-state index is 9.27. The molecule has 1 aromatic carbocycles. The summed E-state index contributed by atoms with van der Waals surface area (Å²) < 4.78 is 0. The summed E-state index contributed by atoms with van der Waals surface area (Å²) in [5, 5.41) is 16.1. The largest absolute Gasteiger partial charge is 0.384 e. The maximum atomic E-state index is 9.27. The number of piperidine rings is 1. The number of nitrogens with zero attached hydrogens (tertiary/aromatic N) is 1. The van der Waals surface area contributed by atoms with Gasteiger partial charge in [0.1, 0.15) is 6.07 Å². The fourth-order valence-electron chi connectivity index (χ4n) is 2.55. The minimum Gasteiger partial charge on any atom is -0.384 e. The summed E-state index contributed by atoms with van der Waals surface area (Å²) in [5.41, 5.74) is 1.75. The van der Waals surface area contributed by atoms with E-state index in [9.17, 15) is 5.26 Å². The molecule has 3 nitrogen and oxygen atoms in total. The minimum atomic E-state index is 0.774. The molecule has 1 saturated heterocycles. The van der Waals surface area contributed by atoms with Gasteiger partial charge in [-0.3, -0.25) is 0 Å². The Bertz CT molecular complexity index is 447. The van der Waals surface area contributed by atoms with Crippen LogP contribution in [0.5, 0.6) is 0 Å². The highest BCUT2D eigenvalue weighted by molar-refractivity contribution is 7.98. The molecule has 2 rings (SSSR count). The zero-order valence-corrected chi connectivity index (χ0v) is 12.2. The van der Waals surface area contributed by atoms with Gasteiger partial charge in [-0.05, 0) is 56.7 Å². The van der Waals surface area contributed by atoms with Crippen LogP contribution in [0, 0.1) is 17.2 Å². The van der Waals surface area contributed by atoms with Crippen molar-refractivity contribution < 1.29 is 0 Å². The molecule has 0 saturated carbocycles. The molecule has 1 aliphatic heterocycles. The van der Waals surface area contributed by atoms with Crippen molar-refractivity contribution in [3.8, 4) is 6.07 Å². The number of rotatable bonds is 5. The molecule has 1 fully saturated rings. The molecule has 1 atom stereocenters. The fourth-order valence-corrected chi connectivity index (χ4v) is 3.12. The van der Waals surface area contributed by atoms with E-state index < -0.39 is 0 Å². The van der Waals surface area contributed by atoms with Crippen LogP contribution >= 0.6 is 11.8 Å². The van der Waals surface area contributed by atoms with Crippen molar-refractivity contribution in [3.63, 3.8) is 0 Å². The Kier molecular flexibility index (Phi) is 5.56. The molecule has 1 aliphatic rings. The molecule has 1 unspecified atom stereocenters. The number of nitrogens with one attached hydrogen (secondary N) is 2. The zero-order valence-electron chi connectivity index (χ0n) is 11.4. The molecule has 1 heterocycles. The molecule has 0 radical (unpaired) electrons. The molecule has 4 heteroatoms. The Labute approximate surface area is 119 Å². The fraction of sp³-hybridized carbons (Fsp3) is 0.533. The number of thioether (sulfide) groups is 1. The van der Waals surface area contributed by atoms with Crippen molar-refractivity contribution in [2.75, 3.05) is 31.2 Å². The van der Waals surface area contributed by atoms with E-state index in [0.717, 1.165) is 41.7 Å². The highest BCUT2D eigenvalue weighted by Gasteiger charge is 2.13. The van der Waals surface area contributed by atoms with E-state index in [-0.39, 0.29) is 0 Å². The zero-order chi connectivity index (χ0) is 13.5. The van der Waals surface area contributed by atoms with Crippen LogP contribution in [0.15, 0.2) is 23.1 Å². The molecule has 2 N–H and O–H groups in total. The first kappa shape index (κ1) is 14.2. The smallest absolute Gasteiger partial charge is 0.102 e. The lowest BCUT2D eigenvalue weighted by atomic mass is 9.96. The van der Waals surface area contributed by atoms with E-state index >= 15 is 0 Å². The second-order valence-electron chi connectivity index (χ2n) is 4.92. The van der Waals surface area contributed by atoms with Gasteiger partial charge < -0.3 is 10.6 Å². The SMILES string of the molecule is CSc1cccc(NCCC2CCCNC2)c1C#N. The predicted octanol–water partition coefficient (Wildman–Crippen LogP) is 3.08. The number of benzene rings is 1. The average molecular weight is 275 g/mol. The number of hydrogen-bond donors (Lipinski definition) is 2. The van der Waals surface area contributed by atoms with Crippen molar-refractivity contribution in [1.29, 1.82) is 5.26 Å². The monoisotopic (exact) mass is 275 g/mol. The molecular weight excluding hydrogens is 254 g/mol. The van der Waals surface area contributed by atoms with Gasteiger partial charge in [0.2, 0.25) is 0 Å². The van der Waals surface area contributed by atoms with E-state index in [1.54, 1.807) is 11.8 Å². The molecule has 1 aromatic rings. The lowest BCUT2D eigenvalue weighted by Gasteiger charge is -2.23. The number of nitriles is 1. The second-order valence-corrected chi connectivity index (χ2v) is 5.77. The summed E-state index contributed by atoms with van der Waals surface area (Å²) in [7, 11) is 0. The van der Waals surface area contributed by atoms with Gasteiger partial charge in [0.15, 0.2) is 0 Å². The van der Waals surface area contributed by atoms with Crippen molar-refractivity contribution in [1.82, 2.24) is 5.32 Å². The highest BCUT2D eigenvalue weighted by atomic mass is 32.2. The summed E-state index contributed by atoms with van der Waals surface area (Å²) >= 11 is 1.62. The van der Waals surface area contributed by atoms with Crippen molar-refractivity contribution in [2.24, 2.45) is 5.92 Å². The summed E-state index contributed by atoms with van der Waals surface area (Å²) in [6.07, 6.45) is 5.79.